The number of hydrazone groups is 1. The van der Waals surface area contributed by atoms with E-state index in [-0.39, 0.29) is 18.4 Å². The first-order valence-corrected chi connectivity index (χ1v) is 10.4. The zero-order valence-electron chi connectivity index (χ0n) is 17.2. The first kappa shape index (κ1) is 22.2. The zero-order valence-corrected chi connectivity index (χ0v) is 18.8. The molecule has 6 nitrogen and oxygen atoms in total. The molecule has 3 aromatic rings. The van der Waals surface area contributed by atoms with Crippen LogP contribution in [0.25, 0.3) is 0 Å². The lowest BCUT2D eigenvalue weighted by atomic mass is 10.1. The van der Waals surface area contributed by atoms with Crippen LogP contribution in [-0.2, 0) is 4.79 Å². The summed E-state index contributed by atoms with van der Waals surface area (Å²) in [6, 6.07) is 20.0. The highest BCUT2D eigenvalue weighted by molar-refractivity contribution is 9.10. The Morgan fingerprint density at radius 2 is 1.81 bits per heavy atom. The number of rotatable bonds is 7. The maximum atomic E-state index is 12.2. The summed E-state index contributed by atoms with van der Waals surface area (Å²) in [6.07, 6.45) is 1.53. The van der Waals surface area contributed by atoms with Gasteiger partial charge in [0.1, 0.15) is 5.75 Å². The minimum Gasteiger partial charge on any atom is -0.483 e. The highest BCUT2D eigenvalue weighted by atomic mass is 79.9. The summed E-state index contributed by atoms with van der Waals surface area (Å²) >= 11 is 3.44. The Kier molecular flexibility index (Phi) is 7.56. The highest BCUT2D eigenvalue weighted by Gasteiger charge is 2.08. The van der Waals surface area contributed by atoms with Gasteiger partial charge in [0.2, 0.25) is 0 Å². The standard InChI is InChI=1S/C24H22BrN3O3/c1-16-8-10-21(17(2)12-16)27-23(29)15-31-22-11-9-18(13-20(22)25)14-26-28-24(30)19-6-4-3-5-7-19/h3-14H,15H2,1-2H3,(H,27,29)(H,28,30)/b26-14+. The van der Waals surface area contributed by atoms with Crippen LogP contribution in [0.5, 0.6) is 5.75 Å². The molecule has 0 heterocycles. The summed E-state index contributed by atoms with van der Waals surface area (Å²) in [7, 11) is 0. The molecular weight excluding hydrogens is 458 g/mol. The number of nitrogens with one attached hydrogen (secondary N) is 2. The fourth-order valence-electron chi connectivity index (χ4n) is 2.82. The van der Waals surface area contributed by atoms with E-state index in [1.54, 1.807) is 42.5 Å². The van der Waals surface area contributed by atoms with Gasteiger partial charge in [-0.05, 0) is 77.3 Å². The van der Waals surface area contributed by atoms with Gasteiger partial charge in [-0.15, -0.1) is 0 Å². The molecule has 0 saturated carbocycles. The molecule has 0 spiro atoms. The maximum Gasteiger partial charge on any atom is 0.271 e. The number of halogens is 1. The van der Waals surface area contributed by atoms with Crippen molar-refractivity contribution in [1.29, 1.82) is 0 Å². The van der Waals surface area contributed by atoms with E-state index in [1.807, 2.05) is 38.1 Å². The molecule has 0 aliphatic rings. The fourth-order valence-corrected chi connectivity index (χ4v) is 3.33. The first-order valence-electron chi connectivity index (χ1n) is 9.60. The second kappa shape index (κ2) is 10.5. The molecule has 3 rings (SSSR count). The predicted octanol–water partition coefficient (Wildman–Crippen LogP) is 4.85. The molecule has 0 atom stereocenters. The van der Waals surface area contributed by atoms with Gasteiger partial charge < -0.3 is 10.1 Å². The Morgan fingerprint density at radius 3 is 2.52 bits per heavy atom. The summed E-state index contributed by atoms with van der Waals surface area (Å²) in [5.74, 6) is 0.0000561. The van der Waals surface area contributed by atoms with Crippen LogP contribution in [0.1, 0.15) is 27.0 Å². The van der Waals surface area contributed by atoms with Crippen LogP contribution in [0.3, 0.4) is 0 Å². The van der Waals surface area contributed by atoms with Gasteiger partial charge in [-0.1, -0.05) is 35.9 Å². The van der Waals surface area contributed by atoms with Gasteiger partial charge in [0.15, 0.2) is 6.61 Å². The Hall–Kier alpha value is -3.45. The number of aryl methyl sites for hydroxylation is 2. The van der Waals surface area contributed by atoms with Crippen molar-refractivity contribution in [1.82, 2.24) is 5.43 Å². The predicted molar refractivity (Wildman–Crippen MR) is 126 cm³/mol. The topological polar surface area (TPSA) is 79.8 Å². The molecule has 0 aromatic heterocycles. The molecule has 3 aromatic carbocycles. The number of ether oxygens (including phenoxy) is 1. The van der Waals surface area contributed by atoms with Gasteiger partial charge in [-0.3, -0.25) is 9.59 Å². The van der Waals surface area contributed by atoms with E-state index in [0.29, 0.717) is 15.8 Å². The van der Waals surface area contributed by atoms with E-state index in [9.17, 15) is 9.59 Å². The Morgan fingerprint density at radius 1 is 1.03 bits per heavy atom. The van der Waals surface area contributed by atoms with Crippen LogP contribution in [0.15, 0.2) is 76.3 Å². The lowest BCUT2D eigenvalue weighted by Crippen LogP contribution is -2.20. The monoisotopic (exact) mass is 479 g/mol. The van der Waals surface area contributed by atoms with Crippen molar-refractivity contribution in [3.8, 4) is 5.75 Å². The molecule has 7 heteroatoms. The van der Waals surface area contributed by atoms with Gasteiger partial charge in [0, 0.05) is 11.3 Å². The summed E-state index contributed by atoms with van der Waals surface area (Å²) in [5, 5.41) is 6.82. The van der Waals surface area contributed by atoms with Gasteiger partial charge in [-0.2, -0.15) is 5.10 Å². The van der Waals surface area contributed by atoms with Crippen LogP contribution >= 0.6 is 15.9 Å². The third-order valence-electron chi connectivity index (χ3n) is 4.39. The third-order valence-corrected chi connectivity index (χ3v) is 5.01. The number of benzene rings is 3. The molecular formula is C24H22BrN3O3. The molecule has 2 N–H and O–H groups in total. The maximum absolute atomic E-state index is 12.2. The second-order valence-corrected chi connectivity index (χ2v) is 7.76. The smallest absolute Gasteiger partial charge is 0.271 e. The van der Waals surface area contributed by atoms with Crippen LogP contribution < -0.4 is 15.5 Å². The van der Waals surface area contributed by atoms with Gasteiger partial charge in [-0.25, -0.2) is 5.43 Å². The molecule has 0 radical (unpaired) electrons. The zero-order chi connectivity index (χ0) is 22.2. The van der Waals surface area contributed by atoms with Crippen molar-refractivity contribution >= 4 is 39.6 Å². The number of nitrogens with zero attached hydrogens (tertiary/aromatic N) is 1. The van der Waals surface area contributed by atoms with E-state index in [4.69, 9.17) is 4.74 Å². The van der Waals surface area contributed by atoms with Gasteiger partial charge >= 0.3 is 0 Å². The lowest BCUT2D eigenvalue weighted by molar-refractivity contribution is -0.118. The quantitative estimate of drug-likeness (QED) is 0.375. The molecule has 2 amide bonds. The van der Waals surface area contributed by atoms with Gasteiger partial charge in [0.05, 0.1) is 10.7 Å². The van der Waals surface area contributed by atoms with Crippen molar-refractivity contribution in [2.24, 2.45) is 5.10 Å². The highest BCUT2D eigenvalue weighted by Crippen LogP contribution is 2.25. The van der Waals surface area contributed by atoms with E-state index < -0.39 is 0 Å². The molecule has 0 fully saturated rings. The SMILES string of the molecule is Cc1ccc(NC(=O)COc2ccc(/C=N/NC(=O)c3ccccc3)cc2Br)c(C)c1. The minimum atomic E-state index is -0.286. The summed E-state index contributed by atoms with van der Waals surface area (Å²) in [4.78, 5) is 24.2. The van der Waals surface area contributed by atoms with Crippen molar-refractivity contribution in [3.05, 3.63) is 93.5 Å². The average Bonchev–Trinajstić information content (AvgIpc) is 2.75. The molecule has 0 unspecified atom stereocenters. The Labute approximate surface area is 189 Å². The van der Waals surface area contributed by atoms with Crippen molar-refractivity contribution in [2.75, 3.05) is 11.9 Å². The lowest BCUT2D eigenvalue weighted by Gasteiger charge is -2.11. The number of anilines is 1. The molecule has 0 saturated heterocycles. The largest absolute Gasteiger partial charge is 0.483 e. The fraction of sp³-hybridized carbons (Fsp3) is 0.125. The summed E-state index contributed by atoms with van der Waals surface area (Å²) in [5.41, 5.74) is 6.67. The van der Waals surface area contributed by atoms with Crippen LogP contribution in [0.4, 0.5) is 5.69 Å². The molecule has 158 valence electrons. The van der Waals surface area contributed by atoms with E-state index in [1.165, 1.54) is 6.21 Å². The number of hydrogen-bond donors (Lipinski definition) is 2. The minimum absolute atomic E-state index is 0.119. The van der Waals surface area contributed by atoms with Gasteiger partial charge in [0.25, 0.3) is 11.8 Å². The van der Waals surface area contributed by atoms with E-state index in [2.05, 4.69) is 31.8 Å². The molecule has 0 bridgehead atoms. The Balaban J connectivity index is 1.53. The first-order chi connectivity index (χ1) is 14.9. The Bertz CT molecular complexity index is 1110. The summed E-state index contributed by atoms with van der Waals surface area (Å²) in [6.45, 7) is 3.83. The van der Waals surface area contributed by atoms with Crippen LogP contribution in [-0.4, -0.2) is 24.6 Å². The van der Waals surface area contributed by atoms with Crippen LogP contribution in [0.2, 0.25) is 0 Å². The number of amides is 2. The number of hydrogen-bond acceptors (Lipinski definition) is 4. The second-order valence-electron chi connectivity index (χ2n) is 6.91. The number of carbonyl (C=O) groups excluding carboxylic acids is 2. The third kappa shape index (κ3) is 6.52. The van der Waals surface area contributed by atoms with Crippen LogP contribution in [0, 0.1) is 13.8 Å². The average molecular weight is 480 g/mol. The number of carbonyl (C=O) groups is 2. The van der Waals surface area contributed by atoms with E-state index in [0.717, 1.165) is 22.4 Å². The molecule has 0 aliphatic carbocycles. The van der Waals surface area contributed by atoms with Crippen molar-refractivity contribution in [3.63, 3.8) is 0 Å². The molecule has 0 aliphatic heterocycles. The summed E-state index contributed by atoms with van der Waals surface area (Å²) < 4.78 is 6.29. The van der Waals surface area contributed by atoms with Crippen molar-refractivity contribution in [2.45, 2.75) is 13.8 Å². The van der Waals surface area contributed by atoms with E-state index >= 15 is 0 Å². The normalized spacial score (nSPS) is 10.7. The van der Waals surface area contributed by atoms with Crippen molar-refractivity contribution < 1.29 is 14.3 Å². The molecule has 31 heavy (non-hydrogen) atoms.